The molecule has 0 unspecified atom stereocenters. The summed E-state index contributed by atoms with van der Waals surface area (Å²) in [4.78, 5) is 32.7. The molecule has 3 rings (SSSR count). The third-order valence-corrected chi connectivity index (χ3v) is 5.69. The van der Waals surface area contributed by atoms with E-state index in [9.17, 15) is 9.59 Å². The normalized spacial score (nSPS) is 19.9. The molecule has 2 fully saturated rings. The van der Waals surface area contributed by atoms with E-state index in [2.05, 4.69) is 5.32 Å². The van der Waals surface area contributed by atoms with Crippen LogP contribution in [0.25, 0.3) is 0 Å². The van der Waals surface area contributed by atoms with Crippen molar-refractivity contribution in [1.29, 1.82) is 0 Å². The number of hydrogen-bond donors (Lipinski definition) is 1. The zero-order chi connectivity index (χ0) is 21.3. The average Bonchev–Trinajstić information content (AvgIpc) is 2.81. The van der Waals surface area contributed by atoms with Crippen LogP contribution in [0.4, 0.5) is 0 Å². The van der Waals surface area contributed by atoms with Crippen molar-refractivity contribution in [1.82, 2.24) is 15.3 Å². The van der Waals surface area contributed by atoms with Gasteiger partial charge >= 0.3 is 0 Å². The zero-order valence-electron chi connectivity index (χ0n) is 18.0. The molecule has 2 heterocycles. The Morgan fingerprint density at radius 2 is 1.87 bits per heavy atom. The molecule has 0 radical (unpaired) electrons. The second-order valence-corrected chi connectivity index (χ2v) is 7.88. The topological polar surface area (TPSA) is 80.3 Å². The molecule has 8 nitrogen and oxygen atoms in total. The zero-order valence-corrected chi connectivity index (χ0v) is 18.0. The molecule has 30 heavy (non-hydrogen) atoms. The van der Waals surface area contributed by atoms with Gasteiger partial charge < -0.3 is 19.7 Å². The summed E-state index contributed by atoms with van der Waals surface area (Å²) in [7, 11) is 3.11. The third kappa shape index (κ3) is 6.34. The fourth-order valence-corrected chi connectivity index (χ4v) is 3.94. The number of rotatable bonds is 8. The van der Waals surface area contributed by atoms with E-state index in [-0.39, 0.29) is 17.7 Å². The molecule has 0 aromatic heterocycles. The van der Waals surface area contributed by atoms with E-state index in [4.69, 9.17) is 14.3 Å². The second-order valence-electron chi connectivity index (χ2n) is 7.88. The summed E-state index contributed by atoms with van der Waals surface area (Å²) in [6, 6.07) is 5.12. The van der Waals surface area contributed by atoms with Crippen molar-refractivity contribution in [2.75, 3.05) is 53.6 Å². The Morgan fingerprint density at radius 1 is 1.10 bits per heavy atom. The lowest BCUT2D eigenvalue weighted by Crippen LogP contribution is -2.44. The first-order valence-electron chi connectivity index (χ1n) is 10.8. The molecule has 1 atom stereocenters. The molecule has 2 saturated heterocycles. The number of methoxy groups -OCH3 is 2. The van der Waals surface area contributed by atoms with Gasteiger partial charge in [-0.05, 0) is 43.7 Å². The summed E-state index contributed by atoms with van der Waals surface area (Å²) in [6.45, 7) is 4.31. The van der Waals surface area contributed by atoms with Crippen LogP contribution in [0.2, 0.25) is 0 Å². The summed E-state index contributed by atoms with van der Waals surface area (Å²) in [6.07, 6.45) is 4.65. The van der Waals surface area contributed by atoms with Crippen LogP contribution in [0.3, 0.4) is 0 Å². The van der Waals surface area contributed by atoms with E-state index in [1.807, 2.05) is 9.96 Å². The second kappa shape index (κ2) is 11.2. The van der Waals surface area contributed by atoms with Crippen molar-refractivity contribution in [2.24, 2.45) is 5.92 Å². The number of benzene rings is 1. The Kier molecular flexibility index (Phi) is 8.33. The maximum Gasteiger partial charge on any atom is 0.251 e. The molecule has 2 aliphatic heterocycles. The van der Waals surface area contributed by atoms with E-state index >= 15 is 0 Å². The van der Waals surface area contributed by atoms with Gasteiger partial charge in [-0.15, -0.1) is 0 Å². The van der Waals surface area contributed by atoms with E-state index in [0.717, 1.165) is 45.4 Å². The Labute approximate surface area is 178 Å². The number of ether oxygens (including phenoxy) is 2. The molecule has 0 spiro atoms. The lowest BCUT2D eigenvalue weighted by Gasteiger charge is -2.33. The first kappa shape index (κ1) is 22.4. The highest BCUT2D eigenvalue weighted by Crippen LogP contribution is 2.23. The SMILES string of the molecule is COc1cc(OC)cc(C(=O)NC[C@H]2CCCN(C(=O)CCN3CCCCO3)C2)c1. The highest BCUT2D eigenvalue weighted by atomic mass is 16.7. The predicted molar refractivity (Wildman–Crippen MR) is 113 cm³/mol. The standard InChI is InChI=1S/C22H33N3O5/c1-28-19-12-18(13-20(14-19)29-2)22(27)23-15-17-6-5-8-24(16-17)21(26)7-10-25-9-3-4-11-30-25/h12-14,17H,3-11,15-16H2,1-2H3,(H,23,27)/t17-/m1/s1. The molecule has 166 valence electrons. The van der Waals surface area contributed by atoms with Crippen LogP contribution in [0, 0.1) is 5.92 Å². The minimum absolute atomic E-state index is 0.165. The molecule has 2 aliphatic rings. The highest BCUT2D eigenvalue weighted by Gasteiger charge is 2.25. The summed E-state index contributed by atoms with van der Waals surface area (Å²) >= 11 is 0. The van der Waals surface area contributed by atoms with Crippen LogP contribution in [0.1, 0.15) is 42.5 Å². The van der Waals surface area contributed by atoms with Crippen LogP contribution >= 0.6 is 0 Å². The Bertz CT molecular complexity index is 698. The molecule has 0 bridgehead atoms. The first-order valence-corrected chi connectivity index (χ1v) is 10.8. The molecule has 1 aromatic carbocycles. The average molecular weight is 420 g/mol. The van der Waals surface area contributed by atoms with E-state index < -0.39 is 0 Å². The third-order valence-electron chi connectivity index (χ3n) is 5.69. The number of carbonyl (C=O) groups is 2. The smallest absolute Gasteiger partial charge is 0.251 e. The minimum Gasteiger partial charge on any atom is -0.497 e. The van der Waals surface area contributed by atoms with Crippen molar-refractivity contribution < 1.29 is 23.9 Å². The predicted octanol–water partition coefficient (Wildman–Crippen LogP) is 2.09. The molecule has 1 N–H and O–H groups in total. The van der Waals surface area contributed by atoms with Gasteiger partial charge in [0.05, 0.1) is 20.8 Å². The van der Waals surface area contributed by atoms with Crippen LogP contribution in [0.15, 0.2) is 18.2 Å². The van der Waals surface area contributed by atoms with Gasteiger partial charge in [0, 0.05) is 50.8 Å². The number of amides is 2. The first-order chi connectivity index (χ1) is 14.6. The van der Waals surface area contributed by atoms with Crippen LogP contribution in [0.5, 0.6) is 11.5 Å². The monoisotopic (exact) mass is 419 g/mol. The minimum atomic E-state index is -0.169. The summed E-state index contributed by atoms with van der Waals surface area (Å²) < 4.78 is 10.5. The van der Waals surface area contributed by atoms with E-state index in [1.54, 1.807) is 32.4 Å². The van der Waals surface area contributed by atoms with Crippen LogP contribution < -0.4 is 14.8 Å². The molecular formula is C22H33N3O5. The van der Waals surface area contributed by atoms with Gasteiger partial charge in [0.15, 0.2) is 0 Å². The summed E-state index contributed by atoms with van der Waals surface area (Å²) in [5.41, 5.74) is 0.497. The van der Waals surface area contributed by atoms with Crippen LogP contribution in [-0.2, 0) is 9.63 Å². The molecule has 0 saturated carbocycles. The molecule has 8 heteroatoms. The number of likely N-dealkylation sites (tertiary alicyclic amines) is 1. The van der Waals surface area contributed by atoms with E-state index in [1.165, 1.54) is 0 Å². The highest BCUT2D eigenvalue weighted by molar-refractivity contribution is 5.95. The summed E-state index contributed by atoms with van der Waals surface area (Å²) in [5.74, 6) is 1.40. The van der Waals surface area contributed by atoms with E-state index in [0.29, 0.717) is 43.1 Å². The molecule has 2 amide bonds. The number of nitrogens with zero attached hydrogens (tertiary/aromatic N) is 2. The Balaban J connectivity index is 1.46. The fourth-order valence-electron chi connectivity index (χ4n) is 3.94. The maximum absolute atomic E-state index is 12.6. The van der Waals surface area contributed by atoms with Gasteiger partial charge in [-0.2, -0.15) is 5.06 Å². The van der Waals surface area contributed by atoms with Gasteiger partial charge in [-0.1, -0.05) is 0 Å². The van der Waals surface area contributed by atoms with Gasteiger partial charge in [0.1, 0.15) is 11.5 Å². The van der Waals surface area contributed by atoms with Gasteiger partial charge in [-0.3, -0.25) is 14.4 Å². The summed E-state index contributed by atoms with van der Waals surface area (Å²) in [5, 5.41) is 4.91. The number of hydrogen-bond acceptors (Lipinski definition) is 6. The van der Waals surface area contributed by atoms with Crippen molar-refractivity contribution in [3.8, 4) is 11.5 Å². The van der Waals surface area contributed by atoms with Gasteiger partial charge in [-0.25, -0.2) is 0 Å². The number of piperidine rings is 1. The lowest BCUT2D eigenvalue weighted by atomic mass is 9.97. The Hall–Kier alpha value is -2.32. The molecule has 0 aliphatic carbocycles. The number of hydroxylamine groups is 2. The quantitative estimate of drug-likeness (QED) is 0.695. The largest absolute Gasteiger partial charge is 0.497 e. The number of nitrogens with one attached hydrogen (secondary N) is 1. The fraction of sp³-hybridized carbons (Fsp3) is 0.636. The van der Waals surface area contributed by atoms with Crippen molar-refractivity contribution in [2.45, 2.75) is 32.1 Å². The van der Waals surface area contributed by atoms with Crippen LogP contribution in [-0.4, -0.2) is 75.3 Å². The molecule has 1 aromatic rings. The maximum atomic E-state index is 12.6. The van der Waals surface area contributed by atoms with Crippen molar-refractivity contribution in [3.63, 3.8) is 0 Å². The van der Waals surface area contributed by atoms with Crippen molar-refractivity contribution >= 4 is 11.8 Å². The molecular weight excluding hydrogens is 386 g/mol. The van der Waals surface area contributed by atoms with Gasteiger partial charge in [0.25, 0.3) is 5.91 Å². The van der Waals surface area contributed by atoms with Crippen molar-refractivity contribution in [3.05, 3.63) is 23.8 Å². The lowest BCUT2D eigenvalue weighted by molar-refractivity contribution is -0.182. The van der Waals surface area contributed by atoms with Gasteiger partial charge in [0.2, 0.25) is 5.91 Å². The Morgan fingerprint density at radius 3 is 2.53 bits per heavy atom. The number of carbonyl (C=O) groups excluding carboxylic acids is 2.